The van der Waals surface area contributed by atoms with E-state index in [0.717, 1.165) is 21.9 Å². The van der Waals surface area contributed by atoms with Gasteiger partial charge in [-0.25, -0.2) is 9.59 Å². The second kappa shape index (κ2) is 13.3. The first kappa shape index (κ1) is 26.1. The van der Waals surface area contributed by atoms with Gasteiger partial charge in [-0.1, -0.05) is 25.4 Å². The van der Waals surface area contributed by atoms with Gasteiger partial charge in [-0.15, -0.1) is 0 Å². The molecule has 4 N–H and O–H groups in total. The highest BCUT2D eigenvalue weighted by molar-refractivity contribution is 6.31. The molecule has 2 unspecified atom stereocenters. The molecule has 0 fully saturated rings. The molecule has 0 aliphatic heterocycles. The molecule has 0 aromatic heterocycles. The van der Waals surface area contributed by atoms with Gasteiger partial charge in [0.05, 0.1) is 6.61 Å². The van der Waals surface area contributed by atoms with Crippen LogP contribution >= 0.6 is 11.6 Å². The second-order valence-corrected chi connectivity index (χ2v) is 7.04. The summed E-state index contributed by atoms with van der Waals surface area (Å²) in [6.45, 7) is 9.47. The average molecular weight is 420 g/mol. The van der Waals surface area contributed by atoms with Gasteiger partial charge in [-0.05, 0) is 43.0 Å². The van der Waals surface area contributed by atoms with E-state index in [1.54, 1.807) is 7.11 Å². The fourth-order valence-corrected chi connectivity index (χ4v) is 2.31. The van der Waals surface area contributed by atoms with Crippen LogP contribution in [-0.4, -0.2) is 66.3 Å². The van der Waals surface area contributed by atoms with Crippen molar-refractivity contribution in [1.82, 2.24) is 5.32 Å². The minimum Gasteiger partial charge on any atom is -0.491 e. The average Bonchev–Trinajstić information content (AvgIpc) is 2.61. The first-order valence-corrected chi connectivity index (χ1v) is 9.16. The smallest absolute Gasteiger partial charge is 0.414 e. The van der Waals surface area contributed by atoms with Crippen molar-refractivity contribution in [2.75, 3.05) is 26.9 Å². The minimum absolute atomic E-state index is 0.198. The summed E-state index contributed by atoms with van der Waals surface area (Å²) in [5.74, 6) is -2.55. The number of methoxy groups -OCH3 is 1. The van der Waals surface area contributed by atoms with Crippen LogP contribution in [0.4, 0.5) is 0 Å². The summed E-state index contributed by atoms with van der Waals surface area (Å²) in [6, 6.07) is 4.08. The molecule has 8 nitrogen and oxygen atoms in total. The number of rotatable bonds is 9. The fourth-order valence-electron chi connectivity index (χ4n) is 2.14. The molecular weight excluding hydrogens is 390 g/mol. The lowest BCUT2D eigenvalue weighted by Gasteiger charge is -2.19. The fraction of sp³-hybridized carbons (Fsp3) is 0.579. The molecule has 0 radical (unpaired) electrons. The first-order chi connectivity index (χ1) is 13.0. The quantitative estimate of drug-likeness (QED) is 0.449. The number of halogens is 1. The molecular formula is C19H30ClNO7. The van der Waals surface area contributed by atoms with Crippen molar-refractivity contribution in [2.45, 2.75) is 45.8 Å². The van der Waals surface area contributed by atoms with Gasteiger partial charge in [-0.3, -0.25) is 0 Å². The third-order valence-corrected chi connectivity index (χ3v) is 4.05. The second-order valence-electron chi connectivity index (χ2n) is 6.63. The van der Waals surface area contributed by atoms with Gasteiger partial charge in [-0.2, -0.15) is 0 Å². The Labute approximate surface area is 170 Å². The molecule has 28 heavy (non-hydrogen) atoms. The molecule has 2 atom stereocenters. The van der Waals surface area contributed by atoms with Crippen molar-refractivity contribution >= 4 is 23.5 Å². The van der Waals surface area contributed by atoms with Gasteiger partial charge in [0, 0.05) is 24.7 Å². The molecule has 0 saturated carbocycles. The lowest BCUT2D eigenvalue weighted by atomic mass is 10.0. The van der Waals surface area contributed by atoms with E-state index in [1.165, 1.54) is 0 Å². The summed E-state index contributed by atoms with van der Waals surface area (Å²) < 4.78 is 10.9. The Hall–Kier alpha value is -1.87. The highest BCUT2D eigenvalue weighted by atomic mass is 35.5. The molecule has 9 heteroatoms. The van der Waals surface area contributed by atoms with Crippen LogP contribution in [0.15, 0.2) is 12.1 Å². The monoisotopic (exact) mass is 419 g/mol. The van der Waals surface area contributed by atoms with Crippen LogP contribution in [0.2, 0.25) is 5.02 Å². The van der Waals surface area contributed by atoms with Crippen LogP contribution in [0.5, 0.6) is 5.75 Å². The number of aliphatic carboxylic acids is 2. The molecule has 1 aromatic carbocycles. The summed E-state index contributed by atoms with van der Waals surface area (Å²) >= 11 is 6.18. The van der Waals surface area contributed by atoms with Gasteiger partial charge in [0.25, 0.3) is 0 Å². The summed E-state index contributed by atoms with van der Waals surface area (Å²) in [4.78, 5) is 18.2. The Morgan fingerprint density at radius 2 is 1.71 bits per heavy atom. The SMILES string of the molecule is COCC(C)NCC(O)COc1cc(C)c(Cl)cc1C(C)C.O=C(O)C(=O)O. The van der Waals surface area contributed by atoms with Crippen molar-refractivity contribution < 1.29 is 34.4 Å². The van der Waals surface area contributed by atoms with Crippen LogP contribution < -0.4 is 10.1 Å². The van der Waals surface area contributed by atoms with Crippen LogP contribution in [0.25, 0.3) is 0 Å². The number of aliphatic hydroxyl groups excluding tert-OH is 1. The minimum atomic E-state index is -1.82. The zero-order valence-electron chi connectivity index (χ0n) is 16.9. The van der Waals surface area contributed by atoms with E-state index < -0.39 is 18.0 Å². The van der Waals surface area contributed by atoms with Crippen LogP contribution in [0, 0.1) is 6.92 Å². The van der Waals surface area contributed by atoms with E-state index in [9.17, 15) is 5.11 Å². The lowest BCUT2D eigenvalue weighted by molar-refractivity contribution is -0.159. The lowest BCUT2D eigenvalue weighted by Crippen LogP contribution is -2.38. The number of hydrogen-bond acceptors (Lipinski definition) is 6. The number of carboxylic acid groups (broad SMARTS) is 2. The number of ether oxygens (including phenoxy) is 2. The van der Waals surface area contributed by atoms with Crippen LogP contribution in [-0.2, 0) is 14.3 Å². The highest BCUT2D eigenvalue weighted by Gasteiger charge is 2.13. The molecule has 160 valence electrons. The topological polar surface area (TPSA) is 125 Å². The summed E-state index contributed by atoms with van der Waals surface area (Å²) in [5, 5.41) is 28.8. The number of aryl methyl sites for hydroxylation is 1. The molecule has 0 spiro atoms. The summed E-state index contributed by atoms with van der Waals surface area (Å²) in [5.41, 5.74) is 2.03. The number of carbonyl (C=O) groups is 2. The molecule has 0 aliphatic rings. The Bertz CT molecular complexity index is 625. The maximum atomic E-state index is 10.0. The van der Waals surface area contributed by atoms with Gasteiger partial charge in [0.1, 0.15) is 18.5 Å². The third-order valence-electron chi connectivity index (χ3n) is 3.65. The first-order valence-electron chi connectivity index (χ1n) is 8.78. The Balaban J connectivity index is 0.00000105. The molecule has 0 amide bonds. The Kier molecular flexibility index (Phi) is 12.4. The van der Waals surface area contributed by atoms with Gasteiger partial charge >= 0.3 is 11.9 Å². The number of aliphatic hydroxyl groups is 1. The number of benzene rings is 1. The van der Waals surface area contributed by atoms with E-state index >= 15 is 0 Å². The molecule has 0 heterocycles. The molecule has 1 rings (SSSR count). The van der Waals surface area contributed by atoms with Crippen LogP contribution in [0.1, 0.15) is 37.8 Å². The molecule has 1 aromatic rings. The number of carboxylic acids is 2. The predicted molar refractivity (Wildman–Crippen MR) is 106 cm³/mol. The van der Waals surface area contributed by atoms with Crippen molar-refractivity contribution in [3.05, 3.63) is 28.3 Å². The highest BCUT2D eigenvalue weighted by Crippen LogP contribution is 2.32. The van der Waals surface area contributed by atoms with E-state index in [1.807, 2.05) is 26.0 Å². The Morgan fingerprint density at radius 1 is 1.14 bits per heavy atom. The van der Waals surface area contributed by atoms with E-state index in [4.69, 9.17) is 40.9 Å². The van der Waals surface area contributed by atoms with Gasteiger partial charge in [0.15, 0.2) is 0 Å². The maximum Gasteiger partial charge on any atom is 0.414 e. The maximum absolute atomic E-state index is 10.0. The van der Waals surface area contributed by atoms with E-state index in [-0.39, 0.29) is 12.6 Å². The molecule has 0 bridgehead atoms. The van der Waals surface area contributed by atoms with Gasteiger partial charge < -0.3 is 30.1 Å². The largest absolute Gasteiger partial charge is 0.491 e. The summed E-state index contributed by atoms with van der Waals surface area (Å²) in [6.07, 6.45) is -0.574. The third kappa shape index (κ3) is 10.5. The van der Waals surface area contributed by atoms with Gasteiger partial charge in [0.2, 0.25) is 0 Å². The standard InChI is InChI=1S/C17H28ClNO3.C2H2O4/c1-11(2)15-7-16(18)12(3)6-17(15)22-10-14(20)8-19-13(4)9-21-5;3-1(4)2(5)6/h6-7,11,13-14,19-20H,8-10H2,1-5H3;(H,3,4)(H,5,6). The number of nitrogens with one attached hydrogen (secondary N) is 1. The van der Waals surface area contributed by atoms with Crippen molar-refractivity contribution in [2.24, 2.45) is 0 Å². The number of hydrogen-bond donors (Lipinski definition) is 4. The predicted octanol–water partition coefficient (Wildman–Crippen LogP) is 2.29. The van der Waals surface area contributed by atoms with Crippen molar-refractivity contribution in [3.63, 3.8) is 0 Å². The van der Waals surface area contributed by atoms with Crippen LogP contribution in [0.3, 0.4) is 0 Å². The molecule has 0 aliphatic carbocycles. The zero-order chi connectivity index (χ0) is 21.9. The van der Waals surface area contributed by atoms with Crippen molar-refractivity contribution in [1.29, 1.82) is 0 Å². The normalized spacial score (nSPS) is 12.7. The Morgan fingerprint density at radius 3 is 2.18 bits per heavy atom. The zero-order valence-corrected chi connectivity index (χ0v) is 17.6. The van der Waals surface area contributed by atoms with E-state index in [2.05, 4.69) is 19.2 Å². The molecule has 0 saturated heterocycles. The van der Waals surface area contributed by atoms with E-state index in [0.29, 0.717) is 19.1 Å². The van der Waals surface area contributed by atoms with Crippen molar-refractivity contribution in [3.8, 4) is 5.75 Å². The summed E-state index contributed by atoms with van der Waals surface area (Å²) in [7, 11) is 1.66.